The van der Waals surface area contributed by atoms with E-state index in [2.05, 4.69) is 40.1 Å². The van der Waals surface area contributed by atoms with E-state index in [1.807, 2.05) is 19.1 Å². The van der Waals surface area contributed by atoms with E-state index in [-0.39, 0.29) is 6.61 Å². The van der Waals surface area contributed by atoms with Crippen molar-refractivity contribution < 1.29 is 28.2 Å². The van der Waals surface area contributed by atoms with E-state index in [9.17, 15) is 9.59 Å². The summed E-state index contributed by atoms with van der Waals surface area (Å²) >= 11 is 0. The number of hydrogen-bond acceptors (Lipinski definition) is 7. The maximum atomic E-state index is 10.6. The molecule has 0 atom stereocenters. The van der Waals surface area contributed by atoms with Gasteiger partial charge in [-0.05, 0) is 19.8 Å². The summed E-state index contributed by atoms with van der Waals surface area (Å²) in [6.45, 7) is 7.72. The molecule has 1 aromatic heterocycles. The van der Waals surface area contributed by atoms with E-state index in [1.165, 1.54) is 12.7 Å². The van der Waals surface area contributed by atoms with E-state index >= 15 is 0 Å². The summed E-state index contributed by atoms with van der Waals surface area (Å²) in [7, 11) is 1.24. The number of oxazole rings is 1. The van der Waals surface area contributed by atoms with Gasteiger partial charge in [-0.2, -0.15) is 0 Å². The van der Waals surface area contributed by atoms with Crippen molar-refractivity contribution >= 4 is 12.1 Å². The Balaban J connectivity index is 0.000000270. The number of rotatable bonds is 7. The molecule has 1 aromatic carbocycles. The molecule has 0 spiro atoms. The number of benzene rings is 1. The van der Waals surface area contributed by atoms with Gasteiger partial charge in [0.15, 0.2) is 5.89 Å². The zero-order valence-corrected chi connectivity index (χ0v) is 15.9. The van der Waals surface area contributed by atoms with Gasteiger partial charge in [0.1, 0.15) is 12.0 Å². The van der Waals surface area contributed by atoms with Gasteiger partial charge >= 0.3 is 12.1 Å². The monoisotopic (exact) mass is 375 g/mol. The molecule has 7 heteroatoms. The molecule has 0 bridgehead atoms. The number of carbonyl (C=O) groups is 2. The molecule has 1 heterocycles. The number of aromatic nitrogens is 1. The van der Waals surface area contributed by atoms with Crippen LogP contribution in [-0.2, 0) is 19.0 Å². The van der Waals surface area contributed by atoms with Gasteiger partial charge in [0.25, 0.3) is 0 Å². The van der Waals surface area contributed by atoms with Crippen molar-refractivity contribution in [3.05, 3.63) is 54.6 Å². The number of esters is 1. The summed E-state index contributed by atoms with van der Waals surface area (Å²) in [6.07, 6.45) is 3.34. The number of hydrogen-bond donors (Lipinski definition) is 0. The lowest BCUT2D eigenvalue weighted by molar-refractivity contribution is -0.137. The Morgan fingerprint density at radius 3 is 2.26 bits per heavy atom. The van der Waals surface area contributed by atoms with E-state index < -0.39 is 12.1 Å². The zero-order chi connectivity index (χ0) is 20.1. The first kappa shape index (κ1) is 22.0. The van der Waals surface area contributed by atoms with Crippen molar-refractivity contribution in [2.24, 2.45) is 0 Å². The van der Waals surface area contributed by atoms with Crippen molar-refractivity contribution in [1.82, 2.24) is 4.98 Å². The van der Waals surface area contributed by atoms with Crippen molar-refractivity contribution in [3.63, 3.8) is 0 Å². The minimum atomic E-state index is -0.701. The van der Waals surface area contributed by atoms with Crippen LogP contribution in [0, 0.1) is 13.8 Å². The Kier molecular flexibility index (Phi) is 10.00. The first-order chi connectivity index (χ1) is 13.0. The van der Waals surface area contributed by atoms with Crippen LogP contribution in [-0.4, -0.2) is 37.4 Å². The van der Waals surface area contributed by atoms with Crippen LogP contribution < -0.4 is 0 Å². The van der Waals surface area contributed by atoms with Crippen LogP contribution in [0.25, 0.3) is 11.3 Å². The molecule has 2 aromatic rings. The molecule has 0 amide bonds. The highest BCUT2D eigenvalue weighted by molar-refractivity contribution is 5.81. The van der Waals surface area contributed by atoms with Crippen LogP contribution >= 0.6 is 0 Å². The van der Waals surface area contributed by atoms with Crippen LogP contribution in [0.5, 0.6) is 0 Å². The molecule has 0 unspecified atom stereocenters. The highest BCUT2D eigenvalue weighted by Gasteiger charge is 2.02. The van der Waals surface area contributed by atoms with Crippen molar-refractivity contribution in [1.29, 1.82) is 0 Å². The van der Waals surface area contributed by atoms with Gasteiger partial charge in [-0.1, -0.05) is 36.4 Å². The Bertz CT molecular complexity index is 720. The van der Waals surface area contributed by atoms with E-state index in [1.54, 1.807) is 6.26 Å². The lowest BCUT2D eigenvalue weighted by atomic mass is 10.1. The predicted octanol–water partition coefficient (Wildman–Crippen LogP) is 4.24. The quantitative estimate of drug-likeness (QED) is 0.406. The Morgan fingerprint density at radius 1 is 1.11 bits per heavy atom. The smallest absolute Gasteiger partial charge is 0.463 e. The summed E-state index contributed by atoms with van der Waals surface area (Å²) in [5, 5.41) is 0. The SMILES string of the molecule is C=CC(=O)OCCCCOC(=O)OC.Cc1ccc(-c2coc(C)n2)cc1. The normalized spacial score (nSPS) is 9.59. The molecule has 0 saturated carbocycles. The van der Waals surface area contributed by atoms with Gasteiger partial charge in [0.2, 0.25) is 0 Å². The summed E-state index contributed by atoms with van der Waals surface area (Å²) in [4.78, 5) is 25.3. The topological polar surface area (TPSA) is 87.9 Å². The lowest BCUT2D eigenvalue weighted by Gasteiger charge is -2.03. The van der Waals surface area contributed by atoms with E-state index in [0.717, 1.165) is 17.3 Å². The van der Waals surface area contributed by atoms with Crippen LogP contribution in [0.3, 0.4) is 0 Å². The average molecular weight is 375 g/mol. The van der Waals surface area contributed by atoms with Crippen LogP contribution in [0.4, 0.5) is 4.79 Å². The second-order valence-corrected chi connectivity index (χ2v) is 5.50. The fraction of sp³-hybridized carbons (Fsp3) is 0.350. The third-order valence-corrected chi connectivity index (χ3v) is 3.30. The molecule has 0 saturated heterocycles. The van der Waals surface area contributed by atoms with Crippen molar-refractivity contribution in [3.8, 4) is 11.3 Å². The molecule has 2 rings (SSSR count). The molecule has 146 valence electrons. The van der Waals surface area contributed by atoms with Crippen LogP contribution in [0.1, 0.15) is 24.3 Å². The Labute approximate surface area is 158 Å². The fourth-order valence-corrected chi connectivity index (χ4v) is 1.87. The number of carbonyl (C=O) groups excluding carboxylic acids is 2. The van der Waals surface area contributed by atoms with Gasteiger partial charge < -0.3 is 18.6 Å². The largest absolute Gasteiger partial charge is 0.507 e. The summed E-state index contributed by atoms with van der Waals surface area (Å²) < 4.78 is 18.7. The summed E-state index contributed by atoms with van der Waals surface area (Å²) in [5.74, 6) is 0.259. The molecule has 0 aliphatic rings. The molecule has 7 nitrogen and oxygen atoms in total. The average Bonchev–Trinajstić information content (AvgIpc) is 3.11. The maximum Gasteiger partial charge on any atom is 0.507 e. The first-order valence-corrected chi connectivity index (χ1v) is 8.45. The fourth-order valence-electron chi connectivity index (χ4n) is 1.87. The Morgan fingerprint density at radius 2 is 1.74 bits per heavy atom. The maximum absolute atomic E-state index is 10.6. The molecule has 27 heavy (non-hydrogen) atoms. The molecular formula is C20H25NO6. The summed E-state index contributed by atoms with van der Waals surface area (Å²) in [5.41, 5.74) is 3.25. The van der Waals surface area contributed by atoms with Crippen molar-refractivity contribution in [2.75, 3.05) is 20.3 Å². The predicted molar refractivity (Wildman–Crippen MR) is 100 cm³/mol. The van der Waals surface area contributed by atoms with Gasteiger partial charge in [-0.15, -0.1) is 0 Å². The van der Waals surface area contributed by atoms with Gasteiger partial charge in [-0.25, -0.2) is 14.6 Å². The molecule has 0 radical (unpaired) electrons. The minimum Gasteiger partial charge on any atom is -0.463 e. The third-order valence-electron chi connectivity index (χ3n) is 3.30. The second-order valence-electron chi connectivity index (χ2n) is 5.50. The second kappa shape index (κ2) is 12.3. The number of nitrogens with zero attached hydrogens (tertiary/aromatic N) is 1. The third kappa shape index (κ3) is 9.25. The van der Waals surface area contributed by atoms with Crippen LogP contribution in [0.15, 0.2) is 47.6 Å². The standard InChI is InChI=1S/C11H11NO.C9H14O5/c1-8-3-5-10(6-4-8)11-7-13-9(2)12-11;1-3-8(10)13-6-4-5-7-14-9(11)12-2/h3-7H,1-2H3;3H,1,4-7H2,2H3. The number of unbranched alkanes of at least 4 members (excludes halogenated alkanes) is 1. The zero-order valence-electron chi connectivity index (χ0n) is 15.9. The molecule has 0 aliphatic heterocycles. The highest BCUT2D eigenvalue weighted by atomic mass is 16.7. The molecule has 0 aliphatic carbocycles. The van der Waals surface area contributed by atoms with Gasteiger partial charge in [0.05, 0.1) is 20.3 Å². The van der Waals surface area contributed by atoms with Gasteiger partial charge in [-0.3, -0.25) is 0 Å². The first-order valence-electron chi connectivity index (χ1n) is 8.45. The minimum absolute atomic E-state index is 0.262. The number of methoxy groups -OCH3 is 1. The molecule has 0 fully saturated rings. The van der Waals surface area contributed by atoms with Crippen LogP contribution in [0.2, 0.25) is 0 Å². The lowest BCUT2D eigenvalue weighted by Crippen LogP contribution is -2.07. The van der Waals surface area contributed by atoms with E-state index in [0.29, 0.717) is 25.3 Å². The van der Waals surface area contributed by atoms with Gasteiger partial charge in [0, 0.05) is 18.6 Å². The molecular weight excluding hydrogens is 350 g/mol. The highest BCUT2D eigenvalue weighted by Crippen LogP contribution is 2.18. The number of ether oxygens (including phenoxy) is 3. The molecule has 0 N–H and O–H groups in total. The number of aryl methyl sites for hydroxylation is 2. The Hall–Kier alpha value is -3.09. The van der Waals surface area contributed by atoms with Crippen molar-refractivity contribution in [2.45, 2.75) is 26.7 Å². The van der Waals surface area contributed by atoms with E-state index in [4.69, 9.17) is 9.15 Å². The summed E-state index contributed by atoms with van der Waals surface area (Å²) in [6, 6.07) is 8.23.